The fraction of sp³-hybridized carbons (Fsp3) is 1.00. The Bertz CT molecular complexity index is 210. The molecule has 0 heterocycles. The lowest BCUT2D eigenvalue weighted by atomic mass is 9.37. The van der Waals surface area contributed by atoms with Gasteiger partial charge in [0.25, 0.3) is 6.13 Å². The summed E-state index contributed by atoms with van der Waals surface area (Å²) in [7, 11) is 0. The van der Waals surface area contributed by atoms with Gasteiger partial charge in [-0.15, -0.1) is 0 Å². The molecule has 0 radical (unpaired) electrons. The Balaban J connectivity index is 2.12. The molecule has 0 amide bonds. The molecule has 0 aromatic carbocycles. The lowest BCUT2D eigenvalue weighted by molar-refractivity contribution is -0.0987. The van der Waals surface area contributed by atoms with E-state index in [9.17, 15) is 0 Å². The topological polar surface area (TPSA) is 0 Å². The molecule has 2 bridgehead atoms. The van der Waals surface area contributed by atoms with Crippen molar-refractivity contribution in [1.29, 1.82) is 0 Å². The average molecular weight is 199 g/mol. The van der Waals surface area contributed by atoms with E-state index in [-0.39, 0.29) is 0 Å². The van der Waals surface area contributed by atoms with E-state index in [1.54, 1.807) is 0 Å². The molecule has 74 valence electrons. The molecule has 0 saturated heterocycles. The molecule has 13 heavy (non-hydrogen) atoms. The minimum absolute atomic E-state index is 0.372. The molecule has 0 N–H and O–H groups in total. The lowest BCUT2D eigenvalue weighted by Gasteiger charge is -2.62. The van der Waals surface area contributed by atoms with Gasteiger partial charge in [-0.1, -0.05) is 34.0 Å². The molecular weight excluding hydrogens is 178 g/mol. The van der Waals surface area contributed by atoms with E-state index in [1.165, 1.54) is 12.8 Å². The van der Waals surface area contributed by atoms with Crippen LogP contribution in [0.4, 0.5) is 0 Å². The van der Waals surface area contributed by atoms with Crippen LogP contribution in [0.5, 0.6) is 0 Å². The second-order valence-electron chi connectivity index (χ2n) is 5.80. The Labute approximate surface area is 87.4 Å². The minimum atomic E-state index is 0.372. The molecule has 0 unspecified atom stereocenters. The monoisotopic (exact) mass is 198 g/mol. The lowest BCUT2D eigenvalue weighted by Crippen LogP contribution is -2.54. The maximum atomic E-state index is 6.23. The number of hydrogen-bond donors (Lipinski definition) is 0. The van der Waals surface area contributed by atoms with Crippen LogP contribution < -0.4 is 0 Å². The van der Waals surface area contributed by atoms with Gasteiger partial charge in [0.05, 0.1) is 0 Å². The maximum Gasteiger partial charge on any atom is 0.250 e. The third-order valence-electron chi connectivity index (χ3n) is 5.00. The third kappa shape index (κ3) is 1.27. The second kappa shape index (κ2) is 2.92. The van der Waals surface area contributed by atoms with Crippen molar-refractivity contribution < 1.29 is 0 Å². The SMILES string of the molecule is CB(Cl)[C@@H]1C[C@@H]2C[C@H]([C@H]1C)C2(C)C. The van der Waals surface area contributed by atoms with Gasteiger partial charge in [0.1, 0.15) is 0 Å². The molecule has 3 rings (SSSR count). The van der Waals surface area contributed by atoms with E-state index < -0.39 is 0 Å². The summed E-state index contributed by atoms with van der Waals surface area (Å²) < 4.78 is 0. The van der Waals surface area contributed by atoms with Crippen LogP contribution in [0.15, 0.2) is 0 Å². The van der Waals surface area contributed by atoms with Gasteiger partial charge in [-0.25, -0.2) is 0 Å². The van der Waals surface area contributed by atoms with Crippen LogP contribution in [0, 0.1) is 23.2 Å². The zero-order chi connectivity index (χ0) is 9.80. The van der Waals surface area contributed by atoms with Crippen LogP contribution >= 0.6 is 11.5 Å². The molecule has 4 atom stereocenters. The molecule has 3 fully saturated rings. The first-order valence-corrected chi connectivity index (χ1v) is 6.02. The first-order valence-electron chi connectivity index (χ1n) is 5.58. The van der Waals surface area contributed by atoms with Crippen molar-refractivity contribution in [1.82, 2.24) is 0 Å². The van der Waals surface area contributed by atoms with Crippen LogP contribution in [0.1, 0.15) is 33.6 Å². The molecule has 0 spiro atoms. The van der Waals surface area contributed by atoms with Gasteiger partial charge in [-0.05, 0) is 35.4 Å². The Morgan fingerprint density at radius 1 is 1.31 bits per heavy atom. The van der Waals surface area contributed by atoms with E-state index >= 15 is 0 Å². The van der Waals surface area contributed by atoms with Gasteiger partial charge in [-0.2, -0.15) is 11.5 Å². The predicted molar refractivity (Wildman–Crippen MR) is 60.4 cm³/mol. The molecule has 0 nitrogen and oxygen atoms in total. The van der Waals surface area contributed by atoms with Crippen molar-refractivity contribution in [2.24, 2.45) is 23.2 Å². The van der Waals surface area contributed by atoms with E-state index in [4.69, 9.17) is 11.5 Å². The number of hydrogen-bond acceptors (Lipinski definition) is 0. The van der Waals surface area contributed by atoms with E-state index in [2.05, 4.69) is 27.6 Å². The van der Waals surface area contributed by atoms with Crippen molar-refractivity contribution in [2.75, 3.05) is 0 Å². The molecular formula is C11H20BCl. The van der Waals surface area contributed by atoms with Crippen molar-refractivity contribution >= 4 is 17.6 Å². The largest absolute Gasteiger partial charge is 0.250 e. The van der Waals surface area contributed by atoms with Gasteiger partial charge in [0.15, 0.2) is 0 Å². The van der Waals surface area contributed by atoms with Gasteiger partial charge < -0.3 is 0 Å². The Hall–Kier alpha value is 0.355. The molecule has 3 aliphatic carbocycles. The average Bonchev–Trinajstić information content (AvgIpc) is 2.02. The van der Waals surface area contributed by atoms with E-state index in [0.29, 0.717) is 11.5 Å². The zero-order valence-electron chi connectivity index (χ0n) is 9.18. The van der Waals surface area contributed by atoms with E-state index in [1.807, 2.05) is 0 Å². The molecule has 0 aromatic rings. The third-order valence-corrected chi connectivity index (χ3v) is 5.33. The number of rotatable bonds is 1. The smallest absolute Gasteiger partial charge is 0.196 e. The zero-order valence-corrected chi connectivity index (χ0v) is 9.93. The van der Waals surface area contributed by atoms with Gasteiger partial charge in [0, 0.05) is 0 Å². The number of fused-ring (bicyclic) bond motifs is 2. The highest BCUT2D eigenvalue weighted by Gasteiger charge is 2.56. The van der Waals surface area contributed by atoms with Crippen LogP contribution in [0.3, 0.4) is 0 Å². The van der Waals surface area contributed by atoms with Crippen molar-refractivity contribution in [3.8, 4) is 0 Å². The van der Waals surface area contributed by atoms with Crippen LogP contribution in [0.2, 0.25) is 12.6 Å². The summed E-state index contributed by atoms with van der Waals surface area (Å²) in [6.07, 6.45) is 3.21. The summed E-state index contributed by atoms with van der Waals surface area (Å²) in [5, 5.41) is 0. The highest BCUT2D eigenvalue weighted by molar-refractivity contribution is 7.07. The summed E-state index contributed by atoms with van der Waals surface area (Å²) in [5.41, 5.74) is 0.613. The van der Waals surface area contributed by atoms with E-state index in [0.717, 1.165) is 23.6 Å². The molecule has 3 saturated carbocycles. The van der Waals surface area contributed by atoms with Crippen LogP contribution in [-0.4, -0.2) is 6.13 Å². The molecule has 2 heteroatoms. The first-order chi connectivity index (χ1) is 5.94. The Morgan fingerprint density at radius 3 is 2.31 bits per heavy atom. The summed E-state index contributed by atoms with van der Waals surface area (Å²) >= 11 is 6.23. The fourth-order valence-corrected chi connectivity index (χ4v) is 4.13. The molecule has 3 aliphatic rings. The summed E-state index contributed by atoms with van der Waals surface area (Å²) in [6, 6.07) is 0. The van der Waals surface area contributed by atoms with Crippen molar-refractivity contribution in [3.05, 3.63) is 0 Å². The fourth-order valence-electron chi connectivity index (χ4n) is 3.80. The second-order valence-corrected chi connectivity index (χ2v) is 6.49. The normalized spacial score (nSPS) is 46.8. The maximum absolute atomic E-state index is 6.23. The minimum Gasteiger partial charge on any atom is -0.196 e. The standard InChI is InChI=1S/C11H20BCl/c1-7-9-5-8(11(9,2)3)6-10(7)12(4)13/h7-10H,5-6H2,1-4H3/t7-,8+,9-,10-/m1/s1. The summed E-state index contributed by atoms with van der Waals surface area (Å²) in [5.74, 6) is 3.52. The summed E-state index contributed by atoms with van der Waals surface area (Å²) in [4.78, 5) is 0. The summed E-state index contributed by atoms with van der Waals surface area (Å²) in [6.45, 7) is 9.46. The van der Waals surface area contributed by atoms with Crippen LogP contribution in [-0.2, 0) is 0 Å². The highest BCUT2D eigenvalue weighted by Crippen LogP contribution is 2.65. The van der Waals surface area contributed by atoms with Gasteiger partial charge in [-0.3, -0.25) is 0 Å². The quantitative estimate of drug-likeness (QED) is 0.560. The highest BCUT2D eigenvalue weighted by atomic mass is 35.5. The molecule has 0 aliphatic heterocycles. The number of halogens is 1. The van der Waals surface area contributed by atoms with Gasteiger partial charge >= 0.3 is 0 Å². The van der Waals surface area contributed by atoms with Crippen molar-refractivity contribution in [3.63, 3.8) is 0 Å². The van der Waals surface area contributed by atoms with Crippen LogP contribution in [0.25, 0.3) is 0 Å². The Morgan fingerprint density at radius 2 is 1.92 bits per heavy atom. The Kier molecular flexibility index (Phi) is 2.22. The van der Waals surface area contributed by atoms with Crippen molar-refractivity contribution in [2.45, 2.75) is 46.3 Å². The predicted octanol–water partition coefficient (Wildman–Crippen LogP) is 3.92. The van der Waals surface area contributed by atoms with Gasteiger partial charge in [0.2, 0.25) is 0 Å². The first kappa shape index (κ1) is 9.89. The molecule has 0 aromatic heterocycles.